The fourth-order valence-electron chi connectivity index (χ4n) is 3.18. The Hall–Kier alpha value is -1.92. The van der Waals surface area contributed by atoms with Crippen molar-refractivity contribution in [2.24, 2.45) is 5.73 Å². The number of nitrogens with two attached hydrogens (primary N) is 1. The summed E-state index contributed by atoms with van der Waals surface area (Å²) in [5.74, 6) is 1.66. The van der Waals surface area contributed by atoms with Crippen molar-refractivity contribution in [1.82, 2.24) is 19.9 Å². The molecule has 0 saturated carbocycles. The highest BCUT2D eigenvalue weighted by Crippen LogP contribution is 2.35. The van der Waals surface area contributed by atoms with Crippen LogP contribution in [-0.2, 0) is 4.74 Å². The van der Waals surface area contributed by atoms with Crippen molar-refractivity contribution in [3.05, 3.63) is 23.8 Å². The summed E-state index contributed by atoms with van der Waals surface area (Å²) in [6, 6.07) is 0.155. The van der Waals surface area contributed by atoms with Gasteiger partial charge in [0.2, 0.25) is 0 Å². The summed E-state index contributed by atoms with van der Waals surface area (Å²) in [5.41, 5.74) is 9.15. The van der Waals surface area contributed by atoms with E-state index in [2.05, 4.69) is 14.9 Å². The minimum absolute atomic E-state index is 0.128. The molecule has 4 heterocycles. The lowest BCUT2D eigenvalue weighted by Crippen LogP contribution is -2.25. The Labute approximate surface area is 123 Å². The third kappa shape index (κ3) is 1.94. The summed E-state index contributed by atoms with van der Waals surface area (Å²) in [7, 11) is 0. The van der Waals surface area contributed by atoms with Crippen LogP contribution >= 0.6 is 0 Å². The molecule has 0 amide bonds. The third-order valence-corrected chi connectivity index (χ3v) is 4.12. The topological polar surface area (TPSA) is 80.1 Å². The zero-order valence-corrected chi connectivity index (χ0v) is 12.0. The largest absolute Gasteiger partial charge is 0.379 e. The molecule has 2 atom stereocenters. The maximum atomic E-state index is 6.14. The summed E-state index contributed by atoms with van der Waals surface area (Å²) >= 11 is 0. The van der Waals surface area contributed by atoms with Crippen LogP contribution in [0.25, 0.3) is 17.1 Å². The molecule has 1 radical (unpaired) electrons. The van der Waals surface area contributed by atoms with E-state index in [0.29, 0.717) is 6.61 Å². The quantitative estimate of drug-likeness (QED) is 0.915. The van der Waals surface area contributed by atoms with E-state index in [1.54, 1.807) is 12.4 Å². The van der Waals surface area contributed by atoms with Gasteiger partial charge in [-0.1, -0.05) is 0 Å². The highest BCUT2D eigenvalue weighted by Gasteiger charge is 2.26. The summed E-state index contributed by atoms with van der Waals surface area (Å²) in [4.78, 5) is 9.08. The van der Waals surface area contributed by atoms with Crippen LogP contribution in [-0.4, -0.2) is 27.7 Å². The Kier molecular flexibility index (Phi) is 2.94. The molecule has 2 aliphatic heterocycles. The molecule has 21 heavy (non-hydrogen) atoms. The van der Waals surface area contributed by atoms with Crippen LogP contribution in [0.1, 0.15) is 43.2 Å². The Morgan fingerprint density at radius 3 is 3.14 bits per heavy atom. The third-order valence-electron chi connectivity index (χ3n) is 4.12. The highest BCUT2D eigenvalue weighted by atomic mass is 16.5. The molecule has 1 fully saturated rings. The molecule has 1 saturated heterocycles. The van der Waals surface area contributed by atoms with Crippen molar-refractivity contribution in [2.75, 3.05) is 13.2 Å². The van der Waals surface area contributed by atoms with Crippen LogP contribution < -0.4 is 11.1 Å². The molecule has 0 aliphatic carbocycles. The highest BCUT2D eigenvalue weighted by molar-refractivity contribution is 5.91. The summed E-state index contributed by atoms with van der Waals surface area (Å²) in [6.45, 7) is 3.52. The summed E-state index contributed by atoms with van der Waals surface area (Å²) in [6.07, 6.45) is 7.73. The SMILES string of the molecule is CC(N)c1nc2cnc3c(c2n1C1CCCOC1)C=C[N]3. The van der Waals surface area contributed by atoms with Crippen LogP contribution in [0.15, 0.2) is 12.4 Å². The first kappa shape index (κ1) is 12.8. The molecule has 109 valence electrons. The van der Waals surface area contributed by atoms with Gasteiger partial charge < -0.3 is 15.0 Å². The first-order valence-corrected chi connectivity index (χ1v) is 7.37. The van der Waals surface area contributed by atoms with Gasteiger partial charge >= 0.3 is 0 Å². The zero-order chi connectivity index (χ0) is 14.4. The van der Waals surface area contributed by atoms with E-state index < -0.39 is 0 Å². The second-order valence-electron chi connectivity index (χ2n) is 5.67. The van der Waals surface area contributed by atoms with Gasteiger partial charge in [-0.3, -0.25) is 0 Å². The number of nitrogens with zero attached hydrogens (tertiary/aromatic N) is 4. The van der Waals surface area contributed by atoms with Crippen LogP contribution in [0.4, 0.5) is 5.82 Å². The summed E-state index contributed by atoms with van der Waals surface area (Å²) < 4.78 is 7.92. The van der Waals surface area contributed by atoms with E-state index in [1.807, 2.05) is 13.0 Å². The Morgan fingerprint density at radius 1 is 1.48 bits per heavy atom. The minimum atomic E-state index is -0.128. The first-order chi connectivity index (χ1) is 10.3. The minimum Gasteiger partial charge on any atom is -0.379 e. The fraction of sp³-hybridized carbons (Fsp3) is 0.467. The maximum absolute atomic E-state index is 6.14. The molecular weight excluding hydrogens is 266 g/mol. The lowest BCUT2D eigenvalue weighted by atomic mass is 10.1. The van der Waals surface area contributed by atoms with Crippen LogP contribution in [0.3, 0.4) is 0 Å². The molecular formula is C15H18N5O. The number of ether oxygens (including phenoxy) is 1. The molecule has 2 aromatic rings. The average molecular weight is 284 g/mol. The van der Waals surface area contributed by atoms with Gasteiger partial charge in [0.05, 0.1) is 30.4 Å². The Bertz CT molecular complexity index is 712. The average Bonchev–Trinajstić information content (AvgIpc) is 3.11. The number of rotatable bonds is 2. The standard InChI is InChI=1S/C15H18N5O/c1-9(16)15-19-12-7-18-14-11(4-5-17-14)13(12)20(15)10-3-2-6-21-8-10/h4-5,7,9-10H,2-3,6,8,16H2,1H3. The van der Waals surface area contributed by atoms with Gasteiger partial charge in [0, 0.05) is 18.4 Å². The van der Waals surface area contributed by atoms with Crippen molar-refractivity contribution in [1.29, 1.82) is 0 Å². The number of hydrogen-bond acceptors (Lipinski definition) is 4. The molecule has 0 aromatic carbocycles. The number of imidazole rings is 1. The predicted molar refractivity (Wildman–Crippen MR) is 80.0 cm³/mol. The number of hydrogen-bond donors (Lipinski definition) is 1. The first-order valence-electron chi connectivity index (χ1n) is 7.37. The molecule has 0 spiro atoms. The van der Waals surface area contributed by atoms with Crippen molar-refractivity contribution in [3.8, 4) is 0 Å². The molecule has 2 aliphatic rings. The number of fused-ring (bicyclic) bond motifs is 3. The molecule has 6 heteroatoms. The summed E-state index contributed by atoms with van der Waals surface area (Å²) in [5, 5.41) is 4.29. The van der Waals surface area contributed by atoms with Gasteiger partial charge in [-0.05, 0) is 25.8 Å². The van der Waals surface area contributed by atoms with E-state index in [9.17, 15) is 0 Å². The molecule has 2 aromatic heterocycles. The second kappa shape index (κ2) is 4.82. The van der Waals surface area contributed by atoms with Gasteiger partial charge in [0.15, 0.2) is 5.82 Å². The number of aromatic nitrogens is 3. The molecule has 4 rings (SSSR count). The van der Waals surface area contributed by atoms with Crippen LogP contribution in [0.2, 0.25) is 0 Å². The van der Waals surface area contributed by atoms with Crippen molar-refractivity contribution in [2.45, 2.75) is 31.8 Å². The Morgan fingerprint density at radius 2 is 2.38 bits per heavy atom. The van der Waals surface area contributed by atoms with E-state index >= 15 is 0 Å². The van der Waals surface area contributed by atoms with E-state index in [0.717, 1.165) is 47.7 Å². The molecule has 2 unspecified atom stereocenters. The molecule has 0 bridgehead atoms. The lowest BCUT2D eigenvalue weighted by molar-refractivity contribution is 0.0592. The molecule has 2 N–H and O–H groups in total. The van der Waals surface area contributed by atoms with Gasteiger partial charge in [-0.25, -0.2) is 15.3 Å². The second-order valence-corrected chi connectivity index (χ2v) is 5.67. The van der Waals surface area contributed by atoms with Gasteiger partial charge in [-0.2, -0.15) is 0 Å². The van der Waals surface area contributed by atoms with Crippen LogP contribution in [0.5, 0.6) is 0 Å². The monoisotopic (exact) mass is 284 g/mol. The Balaban J connectivity index is 1.98. The lowest BCUT2D eigenvalue weighted by Gasteiger charge is -2.26. The van der Waals surface area contributed by atoms with E-state index in [1.165, 1.54) is 0 Å². The van der Waals surface area contributed by atoms with Crippen LogP contribution in [0, 0.1) is 0 Å². The maximum Gasteiger partial charge on any atom is 0.161 e. The van der Waals surface area contributed by atoms with E-state index in [-0.39, 0.29) is 12.1 Å². The normalized spacial score (nSPS) is 22.3. The van der Waals surface area contributed by atoms with Crippen molar-refractivity contribution in [3.63, 3.8) is 0 Å². The zero-order valence-electron chi connectivity index (χ0n) is 12.0. The molecule has 6 nitrogen and oxygen atoms in total. The van der Waals surface area contributed by atoms with Gasteiger partial charge in [-0.15, -0.1) is 0 Å². The fourth-order valence-corrected chi connectivity index (χ4v) is 3.18. The van der Waals surface area contributed by atoms with Crippen molar-refractivity contribution >= 4 is 22.9 Å². The van der Waals surface area contributed by atoms with Crippen molar-refractivity contribution < 1.29 is 4.74 Å². The number of pyridine rings is 1. The predicted octanol–water partition coefficient (Wildman–Crippen LogP) is 2.02. The van der Waals surface area contributed by atoms with E-state index in [4.69, 9.17) is 15.5 Å². The van der Waals surface area contributed by atoms with Gasteiger partial charge in [0.25, 0.3) is 0 Å². The van der Waals surface area contributed by atoms with Gasteiger partial charge in [0.1, 0.15) is 11.3 Å². The smallest absolute Gasteiger partial charge is 0.161 e.